The molecule has 1 aliphatic heterocycles. The molecule has 0 bridgehead atoms. The van der Waals surface area contributed by atoms with Crippen LogP contribution in [0, 0.1) is 0 Å². The van der Waals surface area contributed by atoms with E-state index in [0.717, 1.165) is 75.6 Å². The molecule has 0 fully saturated rings. The maximum atomic E-state index is 6.06. The van der Waals surface area contributed by atoms with Crippen LogP contribution in [0.3, 0.4) is 0 Å². The van der Waals surface area contributed by atoms with Gasteiger partial charge in [-0.05, 0) is 61.2 Å². The summed E-state index contributed by atoms with van der Waals surface area (Å²) in [5.41, 5.74) is 7.65. The van der Waals surface area contributed by atoms with E-state index < -0.39 is 0 Å². The molecule has 0 aliphatic carbocycles. The van der Waals surface area contributed by atoms with Gasteiger partial charge in [0.25, 0.3) is 0 Å². The number of aromatic nitrogens is 3. The van der Waals surface area contributed by atoms with E-state index in [-0.39, 0.29) is 0 Å². The first-order valence-electron chi connectivity index (χ1n) is 12.0. The van der Waals surface area contributed by atoms with Gasteiger partial charge in [0.2, 0.25) is 0 Å². The predicted octanol–water partition coefficient (Wildman–Crippen LogP) is 7.36. The zero-order valence-corrected chi connectivity index (χ0v) is 22.3. The lowest BCUT2D eigenvalue weighted by Crippen LogP contribution is -2.14. The summed E-state index contributed by atoms with van der Waals surface area (Å²) in [6.45, 7) is 0.923. The molecule has 0 radical (unpaired) electrons. The lowest BCUT2D eigenvalue weighted by Gasteiger charge is -2.12. The van der Waals surface area contributed by atoms with Gasteiger partial charge < -0.3 is 14.6 Å². The molecule has 0 saturated heterocycles. The van der Waals surface area contributed by atoms with Gasteiger partial charge >= 0.3 is 0 Å². The molecule has 3 heterocycles. The Morgan fingerprint density at radius 2 is 1.67 bits per heavy atom. The number of aryl methyl sites for hydroxylation is 2. The third kappa shape index (κ3) is 4.02. The monoisotopic (exact) mass is 556 g/mol. The van der Waals surface area contributed by atoms with Crippen LogP contribution >= 0.6 is 28.1 Å². The molecular weight excluding hydrogens is 532 g/mol. The lowest BCUT2D eigenvalue weighted by atomic mass is 9.98. The van der Waals surface area contributed by atoms with Crippen LogP contribution in [0.1, 0.15) is 24.1 Å². The van der Waals surface area contributed by atoms with Gasteiger partial charge in [-0.25, -0.2) is 4.52 Å². The molecule has 0 atom stereocenters. The van der Waals surface area contributed by atoms with Crippen LogP contribution in [0.15, 0.2) is 83.3 Å². The van der Waals surface area contributed by atoms with Crippen molar-refractivity contribution in [1.82, 2.24) is 14.2 Å². The molecule has 0 spiro atoms. The number of para-hydroxylation sites is 1. The number of hydrogen-bond acceptors (Lipinski definition) is 3. The maximum Gasteiger partial charge on any atom is 0.162 e. The maximum absolute atomic E-state index is 6.06. The van der Waals surface area contributed by atoms with Crippen molar-refractivity contribution in [3.8, 4) is 28.3 Å². The van der Waals surface area contributed by atoms with Gasteiger partial charge in [-0.2, -0.15) is 0 Å². The number of methoxy groups -OCH3 is 1. The number of nitrogens with one attached hydrogen (secondary N) is 1. The standard InChI is InChI=1S/C29H25BrN4OS/c1-35-23-16-12-19(13-17-23)25-24-9-5-6-18-33-27(20-10-14-21(30)15-11-20)32-34(29(24)33)26(25)28(36)31-22-7-3-2-4-8-22/h2-4,7-8,10-17H,5-6,9,18H2,1H3,(H,31,36). The Kier molecular flexibility index (Phi) is 6.11. The quantitative estimate of drug-likeness (QED) is 0.229. The first kappa shape index (κ1) is 23.0. The van der Waals surface area contributed by atoms with Crippen LogP contribution < -0.4 is 10.1 Å². The van der Waals surface area contributed by atoms with Crippen molar-refractivity contribution in [2.24, 2.45) is 0 Å². The fourth-order valence-electron chi connectivity index (χ4n) is 5.04. The molecule has 5 aromatic rings. The Morgan fingerprint density at radius 3 is 2.39 bits per heavy atom. The molecule has 7 heteroatoms. The summed E-state index contributed by atoms with van der Waals surface area (Å²) in [7, 11) is 1.69. The molecule has 0 saturated carbocycles. The number of thiocarbonyl (C=S) groups is 1. The Bertz CT molecular complexity index is 1550. The molecule has 3 aromatic carbocycles. The van der Waals surface area contributed by atoms with E-state index >= 15 is 0 Å². The zero-order chi connectivity index (χ0) is 24.6. The van der Waals surface area contributed by atoms with Crippen LogP contribution in [-0.2, 0) is 13.0 Å². The molecule has 36 heavy (non-hydrogen) atoms. The number of benzene rings is 3. The highest BCUT2D eigenvalue weighted by Crippen LogP contribution is 2.39. The predicted molar refractivity (Wildman–Crippen MR) is 153 cm³/mol. The van der Waals surface area contributed by atoms with Crippen molar-refractivity contribution < 1.29 is 4.74 Å². The number of hydrogen-bond donors (Lipinski definition) is 1. The van der Waals surface area contributed by atoms with Crippen LogP contribution in [-0.4, -0.2) is 26.3 Å². The van der Waals surface area contributed by atoms with E-state index in [0.29, 0.717) is 4.99 Å². The van der Waals surface area contributed by atoms with Gasteiger partial charge in [-0.15, -0.1) is 5.10 Å². The topological polar surface area (TPSA) is 43.5 Å². The molecule has 1 N–H and O–H groups in total. The van der Waals surface area contributed by atoms with Gasteiger partial charge in [0, 0.05) is 33.4 Å². The average molecular weight is 558 g/mol. The van der Waals surface area contributed by atoms with Gasteiger partial charge in [0.15, 0.2) is 5.82 Å². The number of anilines is 1. The van der Waals surface area contributed by atoms with Crippen LogP contribution in [0.4, 0.5) is 5.69 Å². The molecule has 0 amide bonds. The minimum absolute atomic E-state index is 0.654. The molecule has 1 aliphatic rings. The van der Waals surface area contributed by atoms with Crippen LogP contribution in [0.5, 0.6) is 5.75 Å². The SMILES string of the molecule is COc1ccc(-c2c3c4n(c(-c5ccc(Br)cc5)nn4c2C(=S)Nc2ccccc2)CCCC3)cc1. The first-order valence-corrected chi connectivity index (χ1v) is 13.2. The highest BCUT2D eigenvalue weighted by atomic mass is 79.9. The van der Waals surface area contributed by atoms with E-state index in [1.807, 2.05) is 42.5 Å². The Hall–Kier alpha value is -3.42. The second-order valence-corrected chi connectivity index (χ2v) is 10.2. The Balaban J connectivity index is 1.60. The molecule has 6 rings (SSSR count). The third-order valence-corrected chi connectivity index (χ3v) is 7.54. The second kappa shape index (κ2) is 9.56. The van der Waals surface area contributed by atoms with Crippen molar-refractivity contribution in [2.45, 2.75) is 25.8 Å². The number of ether oxygens (including phenoxy) is 1. The van der Waals surface area contributed by atoms with Crippen molar-refractivity contribution in [3.63, 3.8) is 0 Å². The minimum Gasteiger partial charge on any atom is -0.497 e. The third-order valence-electron chi connectivity index (χ3n) is 6.71. The summed E-state index contributed by atoms with van der Waals surface area (Å²) in [5, 5.41) is 8.64. The first-order chi connectivity index (χ1) is 17.6. The molecule has 2 aromatic heterocycles. The molecule has 0 unspecified atom stereocenters. The zero-order valence-electron chi connectivity index (χ0n) is 19.9. The van der Waals surface area contributed by atoms with E-state index in [1.165, 1.54) is 5.56 Å². The number of halogens is 1. The fourth-order valence-corrected chi connectivity index (χ4v) is 5.61. The van der Waals surface area contributed by atoms with Gasteiger partial charge in [-0.1, -0.05) is 70.6 Å². The summed E-state index contributed by atoms with van der Waals surface area (Å²) in [6.07, 6.45) is 3.20. The smallest absolute Gasteiger partial charge is 0.162 e. The van der Waals surface area contributed by atoms with Crippen LogP contribution in [0.2, 0.25) is 0 Å². The molecule has 180 valence electrons. The second-order valence-electron chi connectivity index (χ2n) is 8.93. The normalized spacial score (nSPS) is 12.9. The van der Waals surface area contributed by atoms with Gasteiger partial charge in [0.05, 0.1) is 7.11 Å². The van der Waals surface area contributed by atoms with Crippen molar-refractivity contribution in [2.75, 3.05) is 12.4 Å². The summed E-state index contributed by atoms with van der Waals surface area (Å²) < 4.78 is 10.9. The van der Waals surface area contributed by atoms with E-state index in [4.69, 9.17) is 22.1 Å². The number of rotatable bonds is 5. The Labute approximate surface area is 223 Å². The summed E-state index contributed by atoms with van der Waals surface area (Å²) >= 11 is 9.61. The summed E-state index contributed by atoms with van der Waals surface area (Å²) in [6, 6.07) is 26.7. The largest absolute Gasteiger partial charge is 0.497 e. The van der Waals surface area contributed by atoms with Crippen molar-refractivity contribution in [3.05, 3.63) is 94.6 Å². The average Bonchev–Trinajstić information content (AvgIpc) is 3.32. The van der Waals surface area contributed by atoms with Crippen LogP contribution in [0.25, 0.3) is 28.2 Å². The van der Waals surface area contributed by atoms with Crippen molar-refractivity contribution >= 4 is 44.5 Å². The van der Waals surface area contributed by atoms with E-state index in [2.05, 4.69) is 66.7 Å². The fraction of sp³-hybridized carbons (Fsp3) is 0.172. The number of nitrogens with zero attached hydrogens (tertiary/aromatic N) is 3. The van der Waals surface area contributed by atoms with Crippen molar-refractivity contribution in [1.29, 1.82) is 0 Å². The highest BCUT2D eigenvalue weighted by molar-refractivity contribution is 9.10. The lowest BCUT2D eigenvalue weighted by molar-refractivity contribution is 0.415. The molecular formula is C29H25BrN4OS. The summed E-state index contributed by atoms with van der Waals surface area (Å²) in [5.74, 6) is 1.80. The van der Waals surface area contributed by atoms with E-state index in [9.17, 15) is 0 Å². The minimum atomic E-state index is 0.654. The molecule has 5 nitrogen and oxygen atoms in total. The van der Waals surface area contributed by atoms with Gasteiger partial charge in [0.1, 0.15) is 22.1 Å². The highest BCUT2D eigenvalue weighted by Gasteiger charge is 2.29. The Morgan fingerprint density at radius 1 is 0.944 bits per heavy atom. The van der Waals surface area contributed by atoms with Gasteiger partial charge in [-0.3, -0.25) is 0 Å². The summed E-state index contributed by atoms with van der Waals surface area (Å²) in [4.78, 5) is 0.654. The van der Waals surface area contributed by atoms with E-state index in [1.54, 1.807) is 7.11 Å².